The molecule has 2 nitrogen and oxygen atoms in total. The van der Waals surface area contributed by atoms with E-state index >= 15 is 0 Å². The van der Waals surface area contributed by atoms with Crippen molar-refractivity contribution < 1.29 is 4.39 Å². The number of nitrogens with one attached hydrogen (secondary N) is 1. The molecule has 0 saturated heterocycles. The van der Waals surface area contributed by atoms with Crippen molar-refractivity contribution in [3.63, 3.8) is 0 Å². The minimum atomic E-state index is -0.471. The average Bonchev–Trinajstić information content (AvgIpc) is 2.23. The molecule has 0 amide bonds. The first kappa shape index (κ1) is 9.21. The molecule has 1 aromatic heterocycles. The van der Waals surface area contributed by atoms with Gasteiger partial charge in [-0.3, -0.25) is 4.98 Å². The van der Waals surface area contributed by atoms with Gasteiger partial charge in [-0.1, -0.05) is 11.6 Å². The lowest BCUT2D eigenvalue weighted by molar-refractivity contribution is 0.637. The van der Waals surface area contributed by atoms with Crippen molar-refractivity contribution in [2.75, 3.05) is 12.4 Å². The van der Waals surface area contributed by atoms with Gasteiger partial charge >= 0.3 is 0 Å². The van der Waals surface area contributed by atoms with Crippen LogP contribution in [-0.4, -0.2) is 12.0 Å². The van der Waals surface area contributed by atoms with Crippen LogP contribution in [0.1, 0.15) is 0 Å². The van der Waals surface area contributed by atoms with Gasteiger partial charge in [-0.05, 0) is 18.2 Å². The monoisotopic (exact) mass is 210 g/mol. The molecule has 72 valence electrons. The molecule has 0 atom stereocenters. The number of pyridine rings is 1. The number of anilines is 1. The average molecular weight is 211 g/mol. The molecule has 0 spiro atoms. The van der Waals surface area contributed by atoms with Gasteiger partial charge in [-0.2, -0.15) is 0 Å². The number of aromatic nitrogens is 1. The van der Waals surface area contributed by atoms with Crippen molar-refractivity contribution in [1.29, 1.82) is 0 Å². The SMILES string of the molecule is CNc1ccnc2c(F)c(Cl)ccc12. The summed E-state index contributed by atoms with van der Waals surface area (Å²) in [5.41, 5.74) is 1.13. The highest BCUT2D eigenvalue weighted by atomic mass is 35.5. The predicted octanol–water partition coefficient (Wildman–Crippen LogP) is 3.07. The van der Waals surface area contributed by atoms with Crippen LogP contribution in [0.4, 0.5) is 10.1 Å². The van der Waals surface area contributed by atoms with E-state index in [0.29, 0.717) is 5.52 Å². The molecule has 0 radical (unpaired) electrons. The van der Waals surface area contributed by atoms with Gasteiger partial charge in [0.25, 0.3) is 0 Å². The van der Waals surface area contributed by atoms with E-state index in [1.54, 1.807) is 25.4 Å². The summed E-state index contributed by atoms with van der Waals surface area (Å²) < 4.78 is 13.5. The normalized spacial score (nSPS) is 10.5. The fraction of sp³-hybridized carbons (Fsp3) is 0.100. The second-order valence-corrected chi connectivity index (χ2v) is 3.27. The van der Waals surface area contributed by atoms with Crippen molar-refractivity contribution in [2.45, 2.75) is 0 Å². The standard InChI is InChI=1S/C10H8ClFN2/c1-13-8-4-5-14-10-6(8)2-3-7(11)9(10)12/h2-5H,1H3,(H,13,14). The Morgan fingerprint density at radius 3 is 2.86 bits per heavy atom. The van der Waals surface area contributed by atoms with E-state index in [9.17, 15) is 4.39 Å². The van der Waals surface area contributed by atoms with Crippen LogP contribution in [0.3, 0.4) is 0 Å². The maximum Gasteiger partial charge on any atom is 0.168 e. The van der Waals surface area contributed by atoms with Crippen LogP contribution in [0, 0.1) is 5.82 Å². The Morgan fingerprint density at radius 2 is 2.14 bits per heavy atom. The summed E-state index contributed by atoms with van der Waals surface area (Å²) in [6.07, 6.45) is 1.55. The fourth-order valence-corrected chi connectivity index (χ4v) is 1.53. The summed E-state index contributed by atoms with van der Waals surface area (Å²) in [7, 11) is 1.78. The Labute approximate surface area is 85.7 Å². The Balaban J connectivity index is 2.86. The molecule has 2 aromatic rings. The van der Waals surface area contributed by atoms with Crippen molar-refractivity contribution >= 4 is 28.2 Å². The van der Waals surface area contributed by atoms with Gasteiger partial charge in [-0.15, -0.1) is 0 Å². The second kappa shape index (κ2) is 3.42. The van der Waals surface area contributed by atoms with Crippen LogP contribution in [0.15, 0.2) is 24.4 Å². The second-order valence-electron chi connectivity index (χ2n) is 2.87. The third-order valence-corrected chi connectivity index (χ3v) is 2.37. The minimum absolute atomic E-state index is 0.0956. The molecule has 0 aliphatic carbocycles. The molecular weight excluding hydrogens is 203 g/mol. The highest BCUT2D eigenvalue weighted by Gasteiger charge is 2.08. The molecule has 1 aromatic carbocycles. The maximum absolute atomic E-state index is 13.5. The summed E-state index contributed by atoms with van der Waals surface area (Å²) in [6, 6.07) is 5.07. The Kier molecular flexibility index (Phi) is 2.25. The largest absolute Gasteiger partial charge is 0.388 e. The molecule has 0 aliphatic heterocycles. The molecule has 2 rings (SSSR count). The third-order valence-electron chi connectivity index (χ3n) is 2.07. The summed E-state index contributed by atoms with van der Waals surface area (Å²) in [4.78, 5) is 3.95. The topological polar surface area (TPSA) is 24.9 Å². The lowest BCUT2D eigenvalue weighted by atomic mass is 10.2. The molecular formula is C10H8ClFN2. The van der Waals surface area contributed by atoms with Gasteiger partial charge in [0, 0.05) is 24.3 Å². The smallest absolute Gasteiger partial charge is 0.168 e. The summed E-state index contributed by atoms with van der Waals surface area (Å²) >= 11 is 5.65. The number of hydrogen-bond donors (Lipinski definition) is 1. The lowest BCUT2D eigenvalue weighted by Crippen LogP contribution is -1.92. The van der Waals surface area contributed by atoms with Crippen molar-refractivity contribution in [2.24, 2.45) is 0 Å². The van der Waals surface area contributed by atoms with Gasteiger partial charge in [0.1, 0.15) is 5.52 Å². The number of benzene rings is 1. The van der Waals surface area contributed by atoms with Crippen molar-refractivity contribution in [1.82, 2.24) is 4.98 Å². The van der Waals surface area contributed by atoms with Crippen molar-refractivity contribution in [3.05, 3.63) is 35.2 Å². The minimum Gasteiger partial charge on any atom is -0.388 e. The van der Waals surface area contributed by atoms with Gasteiger partial charge < -0.3 is 5.32 Å². The zero-order chi connectivity index (χ0) is 10.1. The summed E-state index contributed by atoms with van der Waals surface area (Å²) in [5.74, 6) is -0.471. The quantitative estimate of drug-likeness (QED) is 0.783. The van der Waals surface area contributed by atoms with E-state index in [2.05, 4.69) is 10.3 Å². The first-order valence-electron chi connectivity index (χ1n) is 4.14. The molecule has 1 N–H and O–H groups in total. The van der Waals surface area contributed by atoms with E-state index in [1.165, 1.54) is 6.07 Å². The lowest BCUT2D eigenvalue weighted by Gasteiger charge is -2.05. The molecule has 14 heavy (non-hydrogen) atoms. The van der Waals surface area contributed by atoms with Crippen LogP contribution in [-0.2, 0) is 0 Å². The molecule has 0 fully saturated rings. The highest BCUT2D eigenvalue weighted by molar-refractivity contribution is 6.31. The van der Waals surface area contributed by atoms with Crippen LogP contribution < -0.4 is 5.32 Å². The Hall–Kier alpha value is -1.35. The van der Waals surface area contributed by atoms with E-state index < -0.39 is 5.82 Å². The maximum atomic E-state index is 13.5. The zero-order valence-electron chi connectivity index (χ0n) is 7.51. The van der Waals surface area contributed by atoms with E-state index in [4.69, 9.17) is 11.6 Å². The molecule has 0 saturated carbocycles. The third kappa shape index (κ3) is 1.30. The number of halogens is 2. The van der Waals surface area contributed by atoms with Crippen LogP contribution >= 0.6 is 11.6 Å². The van der Waals surface area contributed by atoms with E-state index in [-0.39, 0.29) is 5.02 Å². The molecule has 0 bridgehead atoms. The van der Waals surface area contributed by atoms with Gasteiger partial charge in [0.15, 0.2) is 5.82 Å². The van der Waals surface area contributed by atoms with Crippen LogP contribution in [0.2, 0.25) is 5.02 Å². The molecule has 0 unspecified atom stereocenters. The molecule has 0 aliphatic rings. The predicted molar refractivity (Wildman–Crippen MR) is 56.3 cm³/mol. The Bertz CT molecular complexity index is 485. The number of nitrogens with zero attached hydrogens (tertiary/aromatic N) is 1. The zero-order valence-corrected chi connectivity index (χ0v) is 8.27. The highest BCUT2D eigenvalue weighted by Crippen LogP contribution is 2.27. The Morgan fingerprint density at radius 1 is 1.36 bits per heavy atom. The summed E-state index contributed by atoms with van der Waals surface area (Å²) in [6.45, 7) is 0. The number of hydrogen-bond acceptors (Lipinski definition) is 2. The van der Waals surface area contributed by atoms with Gasteiger partial charge in [0.05, 0.1) is 5.02 Å². The number of rotatable bonds is 1. The molecule has 1 heterocycles. The number of fused-ring (bicyclic) bond motifs is 1. The van der Waals surface area contributed by atoms with Crippen LogP contribution in [0.25, 0.3) is 10.9 Å². The molecule has 4 heteroatoms. The summed E-state index contributed by atoms with van der Waals surface area (Å²) in [5, 5.41) is 3.80. The van der Waals surface area contributed by atoms with E-state index in [1.807, 2.05) is 0 Å². The first-order valence-corrected chi connectivity index (χ1v) is 4.52. The van der Waals surface area contributed by atoms with E-state index in [0.717, 1.165) is 11.1 Å². The van der Waals surface area contributed by atoms with Crippen molar-refractivity contribution in [3.8, 4) is 0 Å². The fourth-order valence-electron chi connectivity index (χ4n) is 1.38. The first-order chi connectivity index (χ1) is 6.74. The van der Waals surface area contributed by atoms with Gasteiger partial charge in [-0.25, -0.2) is 4.39 Å². The van der Waals surface area contributed by atoms with Gasteiger partial charge in [0.2, 0.25) is 0 Å². The van der Waals surface area contributed by atoms with Crippen LogP contribution in [0.5, 0.6) is 0 Å².